The summed E-state index contributed by atoms with van der Waals surface area (Å²) in [5.74, 6) is -0.204. The molecule has 2 aromatic heterocycles. The quantitative estimate of drug-likeness (QED) is 0.291. The van der Waals surface area contributed by atoms with Gasteiger partial charge in [-0.2, -0.15) is 0 Å². The van der Waals surface area contributed by atoms with Crippen molar-refractivity contribution in [2.45, 2.75) is 15.2 Å². The molecule has 0 aliphatic carbocycles. The molecule has 12 heteroatoms. The van der Waals surface area contributed by atoms with Gasteiger partial charge in [-0.05, 0) is 12.1 Å². The van der Waals surface area contributed by atoms with Crippen LogP contribution in [-0.4, -0.2) is 42.0 Å². The number of nitrogens with one attached hydrogen (secondary N) is 2. The fraction of sp³-hybridized carbons (Fsp3) is 0.273. The summed E-state index contributed by atoms with van der Waals surface area (Å²) in [7, 11) is 0. The Morgan fingerprint density at radius 2 is 2.04 bits per heavy atom. The van der Waals surface area contributed by atoms with Crippen molar-refractivity contribution in [2.24, 2.45) is 0 Å². The molecule has 2 aromatic rings. The highest BCUT2D eigenvalue weighted by molar-refractivity contribution is 7.99. The fourth-order valence-corrected chi connectivity index (χ4v) is 2.00. The molecule has 0 saturated heterocycles. The first kappa shape index (κ1) is 18.2. The van der Waals surface area contributed by atoms with E-state index in [2.05, 4.69) is 26.0 Å². The van der Waals surface area contributed by atoms with Crippen molar-refractivity contribution < 1.29 is 14.3 Å². The van der Waals surface area contributed by atoms with E-state index in [4.69, 9.17) is 39.2 Å². The van der Waals surface area contributed by atoms with E-state index >= 15 is 0 Å². The van der Waals surface area contributed by atoms with Crippen molar-refractivity contribution in [3.05, 3.63) is 24.5 Å². The first-order valence-corrected chi connectivity index (χ1v) is 8.14. The van der Waals surface area contributed by atoms with Gasteiger partial charge in [-0.15, -0.1) is 10.2 Å². The third-order valence-corrected chi connectivity index (χ3v) is 3.76. The van der Waals surface area contributed by atoms with E-state index in [1.165, 1.54) is 0 Å². The van der Waals surface area contributed by atoms with Crippen LogP contribution in [0.5, 0.6) is 0 Å². The highest BCUT2D eigenvalue weighted by Crippen LogP contribution is 2.28. The van der Waals surface area contributed by atoms with Crippen LogP contribution < -0.4 is 10.9 Å². The fourth-order valence-electron chi connectivity index (χ4n) is 1.27. The molecule has 0 saturated carbocycles. The average Bonchev–Trinajstić information content (AvgIpc) is 2.99. The number of hydrogen-bond donors (Lipinski definition) is 3. The number of pyridine rings is 1. The van der Waals surface area contributed by atoms with E-state index in [0.29, 0.717) is 5.89 Å². The lowest BCUT2D eigenvalue weighted by Gasteiger charge is -2.20. The van der Waals surface area contributed by atoms with Gasteiger partial charge >= 0.3 is 0 Å². The van der Waals surface area contributed by atoms with Crippen LogP contribution in [0.15, 0.2) is 34.2 Å². The first-order valence-electron chi connectivity index (χ1n) is 6.02. The number of amides is 1. The van der Waals surface area contributed by atoms with Gasteiger partial charge in [0.1, 0.15) is 0 Å². The van der Waals surface area contributed by atoms with E-state index in [9.17, 15) is 9.90 Å². The Balaban J connectivity index is 1.80. The second-order valence-electron chi connectivity index (χ2n) is 4.03. The number of aromatic nitrogens is 3. The number of rotatable bonds is 6. The van der Waals surface area contributed by atoms with Crippen LogP contribution in [-0.2, 0) is 4.79 Å². The van der Waals surface area contributed by atoms with Crippen LogP contribution in [0.2, 0.25) is 0 Å². The molecule has 0 aromatic carbocycles. The maximum atomic E-state index is 11.6. The minimum Gasteiger partial charge on any atom is -0.411 e. The molecule has 8 nitrogen and oxygen atoms in total. The van der Waals surface area contributed by atoms with Crippen molar-refractivity contribution in [1.29, 1.82) is 0 Å². The number of thioether (sulfide) groups is 1. The Bertz CT molecular complexity index is 652. The zero-order chi connectivity index (χ0) is 16.9. The largest absolute Gasteiger partial charge is 0.411 e. The van der Waals surface area contributed by atoms with Gasteiger partial charge in [0.15, 0.2) is 6.23 Å². The summed E-state index contributed by atoms with van der Waals surface area (Å²) in [4.78, 5) is 15.5. The molecule has 23 heavy (non-hydrogen) atoms. The molecule has 2 heterocycles. The Labute approximate surface area is 149 Å². The molecule has 0 aliphatic heterocycles. The van der Waals surface area contributed by atoms with Crippen LogP contribution in [0.25, 0.3) is 11.5 Å². The highest BCUT2D eigenvalue weighted by atomic mass is 35.6. The number of aliphatic hydroxyl groups excluding tert-OH is 1. The summed E-state index contributed by atoms with van der Waals surface area (Å²) in [6.45, 7) is 0. The maximum absolute atomic E-state index is 11.6. The standard InChI is InChI=1S/C11H10Cl3N5O3S/c12-11(13,14)9(21)18-16-7(20)5-23-10-19-17-8(22-10)6-1-3-15-4-2-6/h1-4,9,18,21H,5H2,(H,16,20)/t9-/m1/s1. The zero-order valence-corrected chi connectivity index (χ0v) is 14.3. The zero-order valence-electron chi connectivity index (χ0n) is 11.2. The molecule has 0 bridgehead atoms. The molecule has 0 spiro atoms. The SMILES string of the molecule is O=C(CSc1nnc(-c2ccncc2)o1)NN[C@H](O)C(Cl)(Cl)Cl. The maximum Gasteiger partial charge on any atom is 0.277 e. The van der Waals surface area contributed by atoms with Gasteiger partial charge in [0.2, 0.25) is 15.6 Å². The summed E-state index contributed by atoms with van der Waals surface area (Å²) in [6, 6.07) is 3.44. The predicted molar refractivity (Wildman–Crippen MR) is 85.8 cm³/mol. The van der Waals surface area contributed by atoms with Crippen LogP contribution in [0.3, 0.4) is 0 Å². The number of carbonyl (C=O) groups is 1. The minimum atomic E-state index is -1.97. The monoisotopic (exact) mass is 397 g/mol. The Morgan fingerprint density at radius 1 is 1.35 bits per heavy atom. The molecule has 0 fully saturated rings. The molecule has 0 radical (unpaired) electrons. The van der Waals surface area contributed by atoms with Crippen molar-refractivity contribution in [3.8, 4) is 11.5 Å². The van der Waals surface area contributed by atoms with Gasteiger partial charge in [0.05, 0.1) is 5.75 Å². The summed E-state index contributed by atoms with van der Waals surface area (Å²) in [6.07, 6.45) is 1.64. The molecular weight excluding hydrogens is 389 g/mol. The third kappa shape index (κ3) is 5.79. The molecule has 1 amide bonds. The van der Waals surface area contributed by atoms with Crippen molar-refractivity contribution in [3.63, 3.8) is 0 Å². The van der Waals surface area contributed by atoms with Gasteiger partial charge in [-0.25, -0.2) is 5.43 Å². The molecule has 124 valence electrons. The van der Waals surface area contributed by atoms with Gasteiger partial charge in [0, 0.05) is 18.0 Å². The van der Waals surface area contributed by atoms with Gasteiger partial charge in [0.25, 0.3) is 5.22 Å². The number of carbonyl (C=O) groups excluding carboxylic acids is 1. The van der Waals surface area contributed by atoms with Crippen LogP contribution in [0.4, 0.5) is 0 Å². The van der Waals surface area contributed by atoms with Crippen LogP contribution in [0, 0.1) is 0 Å². The number of aliphatic hydroxyl groups is 1. The topological polar surface area (TPSA) is 113 Å². The average molecular weight is 399 g/mol. The summed E-state index contributed by atoms with van der Waals surface area (Å²) < 4.78 is 3.43. The van der Waals surface area contributed by atoms with Gasteiger partial charge in [-0.3, -0.25) is 15.2 Å². The summed E-state index contributed by atoms with van der Waals surface area (Å²) in [5.41, 5.74) is 5.07. The molecule has 1 atom stereocenters. The number of alkyl halides is 3. The van der Waals surface area contributed by atoms with Gasteiger partial charge in [-0.1, -0.05) is 46.6 Å². The number of nitrogens with zero attached hydrogens (tertiary/aromatic N) is 3. The van der Waals surface area contributed by atoms with E-state index < -0.39 is 15.9 Å². The number of hydrogen-bond acceptors (Lipinski definition) is 8. The predicted octanol–water partition coefficient (Wildman–Crippen LogP) is 1.53. The Kier molecular flexibility index (Phi) is 6.45. The van der Waals surface area contributed by atoms with E-state index in [-0.39, 0.29) is 11.0 Å². The minimum absolute atomic E-state index is 0.0441. The van der Waals surface area contributed by atoms with Crippen molar-refractivity contribution in [1.82, 2.24) is 26.0 Å². The lowest BCUT2D eigenvalue weighted by Crippen LogP contribution is -2.50. The second kappa shape index (κ2) is 8.13. The normalized spacial score (nSPS) is 12.9. The van der Waals surface area contributed by atoms with E-state index in [0.717, 1.165) is 17.3 Å². The third-order valence-electron chi connectivity index (χ3n) is 2.32. The van der Waals surface area contributed by atoms with Crippen molar-refractivity contribution >= 4 is 52.5 Å². The van der Waals surface area contributed by atoms with Gasteiger partial charge < -0.3 is 9.52 Å². The lowest BCUT2D eigenvalue weighted by atomic mass is 10.3. The Hall–Kier alpha value is -1.10. The molecule has 0 aliphatic rings. The first-order chi connectivity index (χ1) is 10.9. The molecule has 3 N–H and O–H groups in total. The van der Waals surface area contributed by atoms with E-state index in [1.54, 1.807) is 24.5 Å². The van der Waals surface area contributed by atoms with Crippen LogP contribution in [0.1, 0.15) is 0 Å². The summed E-state index contributed by atoms with van der Waals surface area (Å²) >= 11 is 17.3. The molecule has 2 rings (SSSR count). The smallest absolute Gasteiger partial charge is 0.277 e. The lowest BCUT2D eigenvalue weighted by molar-refractivity contribution is -0.120. The number of hydrazine groups is 1. The highest BCUT2D eigenvalue weighted by Gasteiger charge is 2.30. The number of halogens is 3. The van der Waals surface area contributed by atoms with Crippen molar-refractivity contribution in [2.75, 3.05) is 5.75 Å². The molecular formula is C11H10Cl3N5O3S. The second-order valence-corrected chi connectivity index (χ2v) is 7.33. The summed E-state index contributed by atoms with van der Waals surface area (Å²) in [5, 5.41) is 17.3. The van der Waals surface area contributed by atoms with E-state index in [1.807, 2.05) is 0 Å². The Morgan fingerprint density at radius 3 is 2.70 bits per heavy atom. The molecule has 0 unspecified atom stereocenters. The van der Waals surface area contributed by atoms with Crippen LogP contribution >= 0.6 is 46.6 Å².